The van der Waals surface area contributed by atoms with Gasteiger partial charge in [0.05, 0.1) is 19.3 Å². The van der Waals surface area contributed by atoms with Crippen LogP contribution in [0, 0.1) is 12.7 Å². The number of anilines is 2. The fraction of sp³-hybridized carbons (Fsp3) is 0.238. The van der Waals surface area contributed by atoms with Crippen LogP contribution in [0.4, 0.5) is 15.8 Å². The number of nitrogens with one attached hydrogen (secondary N) is 2. The Morgan fingerprint density at radius 2 is 1.84 bits per heavy atom. The van der Waals surface area contributed by atoms with Crippen LogP contribution in [-0.2, 0) is 23.1 Å². The highest BCUT2D eigenvalue weighted by Gasteiger charge is 2.15. The Morgan fingerprint density at radius 3 is 2.52 bits per heavy atom. The van der Waals surface area contributed by atoms with Gasteiger partial charge < -0.3 is 19.9 Å². The normalized spacial score (nSPS) is 10.6. The molecule has 0 fully saturated rings. The summed E-state index contributed by atoms with van der Waals surface area (Å²) in [4.78, 5) is 24.5. The van der Waals surface area contributed by atoms with Gasteiger partial charge in [0, 0.05) is 18.4 Å². The number of benzene rings is 2. The predicted octanol–water partition coefficient (Wildman–Crippen LogP) is 3.18. The summed E-state index contributed by atoms with van der Waals surface area (Å²) in [7, 11) is 3.31. The van der Waals surface area contributed by atoms with E-state index in [0.29, 0.717) is 33.7 Å². The monoisotopic (exact) mass is 443 g/mol. The number of methoxy groups -OCH3 is 1. The minimum atomic E-state index is -0.354. The molecule has 2 N–H and O–H groups in total. The molecule has 0 aliphatic rings. The molecule has 0 bridgehead atoms. The molecule has 31 heavy (non-hydrogen) atoms. The van der Waals surface area contributed by atoms with E-state index in [9.17, 15) is 14.0 Å². The standard InChI is InChI=1S/C21H22FN5O3S/c1-13-10-14(22)4-9-17(13)24-20(29)12-31-21-26-25-18(27(21)2)11-19(28)23-15-5-7-16(30-3)8-6-15/h4-10H,11-12H2,1-3H3,(H,23,28)(H,24,29). The molecule has 0 atom stereocenters. The molecular weight excluding hydrogens is 421 g/mol. The SMILES string of the molecule is COc1ccc(NC(=O)Cc2nnc(SCC(=O)Nc3ccc(F)cc3C)n2C)cc1. The summed E-state index contributed by atoms with van der Waals surface area (Å²) in [5.41, 5.74) is 1.85. The number of amides is 2. The molecule has 162 valence electrons. The van der Waals surface area contributed by atoms with Crippen LogP contribution in [0.5, 0.6) is 5.75 Å². The van der Waals surface area contributed by atoms with Crippen LogP contribution in [0.15, 0.2) is 47.6 Å². The Labute approximate surface area is 183 Å². The third-order valence-corrected chi connectivity index (χ3v) is 5.43. The number of rotatable bonds is 8. The van der Waals surface area contributed by atoms with Gasteiger partial charge in [-0.05, 0) is 55.0 Å². The molecule has 0 saturated heterocycles. The van der Waals surface area contributed by atoms with Crippen molar-refractivity contribution in [1.82, 2.24) is 14.8 Å². The largest absolute Gasteiger partial charge is 0.497 e. The maximum absolute atomic E-state index is 13.2. The van der Waals surface area contributed by atoms with E-state index < -0.39 is 0 Å². The maximum atomic E-state index is 13.2. The molecule has 0 radical (unpaired) electrons. The Kier molecular flexibility index (Phi) is 7.24. The van der Waals surface area contributed by atoms with Crippen molar-refractivity contribution in [2.45, 2.75) is 18.5 Å². The van der Waals surface area contributed by atoms with Crippen molar-refractivity contribution < 1.29 is 18.7 Å². The summed E-state index contributed by atoms with van der Waals surface area (Å²) in [6, 6.07) is 11.2. The van der Waals surface area contributed by atoms with Crippen molar-refractivity contribution >= 4 is 35.0 Å². The van der Waals surface area contributed by atoms with Crippen molar-refractivity contribution in [1.29, 1.82) is 0 Å². The second-order valence-electron chi connectivity index (χ2n) is 6.71. The molecule has 8 nitrogen and oxygen atoms in total. The number of aryl methyl sites for hydroxylation is 1. The highest BCUT2D eigenvalue weighted by Crippen LogP contribution is 2.19. The number of hydrogen-bond donors (Lipinski definition) is 2. The summed E-state index contributed by atoms with van der Waals surface area (Å²) in [5, 5.41) is 14.2. The van der Waals surface area contributed by atoms with E-state index in [4.69, 9.17) is 4.74 Å². The van der Waals surface area contributed by atoms with Crippen LogP contribution < -0.4 is 15.4 Å². The number of aromatic nitrogens is 3. The van der Waals surface area contributed by atoms with E-state index >= 15 is 0 Å². The molecule has 3 rings (SSSR count). The molecular formula is C21H22FN5O3S. The van der Waals surface area contributed by atoms with Crippen molar-refractivity contribution in [3.63, 3.8) is 0 Å². The molecule has 2 aromatic carbocycles. The smallest absolute Gasteiger partial charge is 0.234 e. The lowest BCUT2D eigenvalue weighted by Crippen LogP contribution is -2.17. The topological polar surface area (TPSA) is 98.1 Å². The predicted molar refractivity (Wildman–Crippen MR) is 117 cm³/mol. The molecule has 0 aliphatic carbocycles. The van der Waals surface area contributed by atoms with E-state index in [-0.39, 0.29) is 29.8 Å². The summed E-state index contributed by atoms with van der Waals surface area (Å²) in [6.07, 6.45) is 0.0387. The van der Waals surface area contributed by atoms with E-state index in [1.165, 1.54) is 30.0 Å². The number of thioether (sulfide) groups is 1. The lowest BCUT2D eigenvalue weighted by molar-refractivity contribution is -0.116. The van der Waals surface area contributed by atoms with Crippen molar-refractivity contribution in [2.24, 2.45) is 7.05 Å². The highest BCUT2D eigenvalue weighted by atomic mass is 32.2. The maximum Gasteiger partial charge on any atom is 0.234 e. The second-order valence-corrected chi connectivity index (χ2v) is 7.65. The van der Waals surface area contributed by atoms with Crippen LogP contribution in [-0.4, -0.2) is 39.4 Å². The molecule has 0 saturated carbocycles. The fourth-order valence-corrected chi connectivity index (χ4v) is 3.46. The van der Waals surface area contributed by atoms with Gasteiger partial charge in [0.1, 0.15) is 17.4 Å². The molecule has 1 aromatic heterocycles. The zero-order valence-corrected chi connectivity index (χ0v) is 18.1. The number of carbonyl (C=O) groups excluding carboxylic acids is 2. The minimum absolute atomic E-state index is 0.0387. The van der Waals surface area contributed by atoms with E-state index in [0.717, 1.165) is 0 Å². The first-order chi connectivity index (χ1) is 14.9. The zero-order valence-electron chi connectivity index (χ0n) is 17.3. The van der Waals surface area contributed by atoms with Crippen LogP contribution in [0.2, 0.25) is 0 Å². The van der Waals surface area contributed by atoms with Gasteiger partial charge in [0.25, 0.3) is 0 Å². The second kappa shape index (κ2) is 10.1. The lowest BCUT2D eigenvalue weighted by Gasteiger charge is -2.08. The molecule has 1 heterocycles. The third kappa shape index (κ3) is 6.05. The summed E-state index contributed by atoms with van der Waals surface area (Å²) in [6.45, 7) is 1.72. The van der Waals surface area contributed by atoms with Gasteiger partial charge in [-0.1, -0.05) is 11.8 Å². The van der Waals surface area contributed by atoms with Crippen LogP contribution in [0.3, 0.4) is 0 Å². The van der Waals surface area contributed by atoms with Gasteiger partial charge >= 0.3 is 0 Å². The van der Waals surface area contributed by atoms with Crippen LogP contribution >= 0.6 is 11.8 Å². The van der Waals surface area contributed by atoms with Crippen molar-refractivity contribution in [3.05, 3.63) is 59.7 Å². The molecule has 3 aromatic rings. The highest BCUT2D eigenvalue weighted by molar-refractivity contribution is 7.99. The average Bonchev–Trinajstić information content (AvgIpc) is 3.08. The Balaban J connectivity index is 1.53. The first kappa shape index (κ1) is 22.3. The van der Waals surface area contributed by atoms with Gasteiger partial charge in [-0.15, -0.1) is 10.2 Å². The Morgan fingerprint density at radius 1 is 1.10 bits per heavy atom. The first-order valence-corrected chi connectivity index (χ1v) is 10.3. The average molecular weight is 444 g/mol. The van der Waals surface area contributed by atoms with Crippen LogP contribution in [0.1, 0.15) is 11.4 Å². The first-order valence-electron chi connectivity index (χ1n) is 9.36. The van der Waals surface area contributed by atoms with E-state index in [1.807, 2.05) is 0 Å². The molecule has 0 unspecified atom stereocenters. The molecule has 2 amide bonds. The number of nitrogens with zero attached hydrogens (tertiary/aromatic N) is 3. The van der Waals surface area contributed by atoms with Crippen LogP contribution in [0.25, 0.3) is 0 Å². The van der Waals surface area contributed by atoms with Gasteiger partial charge in [0.15, 0.2) is 5.16 Å². The van der Waals surface area contributed by atoms with Gasteiger partial charge in [-0.3, -0.25) is 9.59 Å². The van der Waals surface area contributed by atoms with Gasteiger partial charge in [0.2, 0.25) is 11.8 Å². The number of carbonyl (C=O) groups is 2. The number of hydrogen-bond acceptors (Lipinski definition) is 6. The zero-order chi connectivity index (χ0) is 22.4. The quantitative estimate of drug-likeness (QED) is 0.519. The molecule has 0 aliphatic heterocycles. The fourth-order valence-electron chi connectivity index (χ4n) is 2.73. The van der Waals surface area contributed by atoms with Gasteiger partial charge in [-0.2, -0.15) is 0 Å². The summed E-state index contributed by atoms with van der Waals surface area (Å²) in [5.74, 6) is 0.437. The summed E-state index contributed by atoms with van der Waals surface area (Å²) >= 11 is 1.20. The van der Waals surface area contributed by atoms with Crippen molar-refractivity contribution in [3.8, 4) is 5.75 Å². The van der Waals surface area contributed by atoms with Crippen molar-refractivity contribution in [2.75, 3.05) is 23.5 Å². The molecule has 0 spiro atoms. The van der Waals surface area contributed by atoms with E-state index in [2.05, 4.69) is 20.8 Å². The molecule has 10 heteroatoms. The van der Waals surface area contributed by atoms with Gasteiger partial charge in [-0.25, -0.2) is 4.39 Å². The Bertz CT molecular complexity index is 1090. The number of ether oxygens (including phenoxy) is 1. The third-order valence-electron chi connectivity index (χ3n) is 4.41. The minimum Gasteiger partial charge on any atom is -0.497 e. The summed E-state index contributed by atoms with van der Waals surface area (Å²) < 4.78 is 19.9. The van der Waals surface area contributed by atoms with E-state index in [1.54, 1.807) is 49.9 Å². The number of halogens is 1. The Hall–Kier alpha value is -3.40. The lowest BCUT2D eigenvalue weighted by atomic mass is 10.2.